The number of methoxy groups -OCH3 is 1. The van der Waals surface area contributed by atoms with E-state index < -0.39 is 0 Å². The van der Waals surface area contributed by atoms with Crippen LogP contribution in [0, 0.1) is 5.92 Å². The molecular weight excluding hydrogens is 260 g/mol. The number of benzene rings is 2. The van der Waals surface area contributed by atoms with Gasteiger partial charge in [0.2, 0.25) is 0 Å². The fraction of sp³-hybridized carbons (Fsp3) is 0.368. The average molecular weight is 280 g/mol. The van der Waals surface area contributed by atoms with E-state index in [-0.39, 0.29) is 6.10 Å². The molecule has 0 saturated heterocycles. The van der Waals surface area contributed by atoms with Gasteiger partial charge in [-0.15, -0.1) is 0 Å². The SMILES string of the molecule is COc1cccc2c1[C@H]1CCC[C@@H]1[C@H](c1ccccc1)O2. The van der Waals surface area contributed by atoms with Crippen molar-refractivity contribution in [1.82, 2.24) is 0 Å². The van der Waals surface area contributed by atoms with E-state index in [4.69, 9.17) is 9.47 Å². The Bertz CT molecular complexity index is 635. The maximum Gasteiger partial charge on any atom is 0.127 e. The molecule has 0 N–H and O–H groups in total. The highest BCUT2D eigenvalue weighted by Crippen LogP contribution is 2.56. The van der Waals surface area contributed by atoms with Crippen molar-refractivity contribution >= 4 is 0 Å². The number of fused-ring (bicyclic) bond motifs is 3. The molecule has 2 nitrogen and oxygen atoms in total. The van der Waals surface area contributed by atoms with Gasteiger partial charge >= 0.3 is 0 Å². The van der Waals surface area contributed by atoms with Crippen molar-refractivity contribution in [3.05, 3.63) is 59.7 Å². The van der Waals surface area contributed by atoms with Gasteiger partial charge in [0.15, 0.2) is 0 Å². The summed E-state index contributed by atoms with van der Waals surface area (Å²) < 4.78 is 12.0. The monoisotopic (exact) mass is 280 g/mol. The smallest absolute Gasteiger partial charge is 0.127 e. The Hall–Kier alpha value is -1.96. The van der Waals surface area contributed by atoms with Crippen LogP contribution in [0.4, 0.5) is 0 Å². The van der Waals surface area contributed by atoms with E-state index in [1.807, 2.05) is 6.07 Å². The highest BCUT2D eigenvalue weighted by atomic mass is 16.5. The van der Waals surface area contributed by atoms with Crippen LogP contribution < -0.4 is 9.47 Å². The molecule has 0 bridgehead atoms. The molecule has 1 saturated carbocycles. The van der Waals surface area contributed by atoms with Crippen LogP contribution in [0.15, 0.2) is 48.5 Å². The lowest BCUT2D eigenvalue weighted by atomic mass is 9.79. The molecule has 2 aliphatic rings. The number of rotatable bonds is 2. The Morgan fingerprint density at radius 2 is 1.86 bits per heavy atom. The summed E-state index contributed by atoms with van der Waals surface area (Å²) >= 11 is 0. The molecule has 3 atom stereocenters. The first kappa shape index (κ1) is 12.8. The number of ether oxygens (including phenoxy) is 2. The molecule has 0 unspecified atom stereocenters. The quantitative estimate of drug-likeness (QED) is 0.793. The molecule has 0 aromatic heterocycles. The van der Waals surface area contributed by atoms with Gasteiger partial charge < -0.3 is 9.47 Å². The molecule has 2 aromatic carbocycles. The summed E-state index contributed by atoms with van der Waals surface area (Å²) in [6.07, 6.45) is 3.93. The largest absolute Gasteiger partial charge is 0.496 e. The second kappa shape index (κ2) is 5.10. The average Bonchev–Trinajstić information content (AvgIpc) is 3.03. The highest BCUT2D eigenvalue weighted by molar-refractivity contribution is 5.50. The van der Waals surface area contributed by atoms with Gasteiger partial charge in [-0.2, -0.15) is 0 Å². The summed E-state index contributed by atoms with van der Waals surface area (Å²) in [6.45, 7) is 0. The lowest BCUT2D eigenvalue weighted by molar-refractivity contribution is 0.102. The minimum Gasteiger partial charge on any atom is -0.496 e. The number of hydrogen-bond donors (Lipinski definition) is 0. The van der Waals surface area contributed by atoms with Gasteiger partial charge in [-0.05, 0) is 36.5 Å². The summed E-state index contributed by atoms with van der Waals surface area (Å²) in [4.78, 5) is 0. The van der Waals surface area contributed by atoms with Gasteiger partial charge in [-0.1, -0.05) is 42.8 Å². The molecule has 1 fully saturated rings. The third kappa shape index (κ3) is 2.01. The van der Waals surface area contributed by atoms with Crippen LogP contribution in [0.5, 0.6) is 11.5 Å². The van der Waals surface area contributed by atoms with Gasteiger partial charge in [-0.3, -0.25) is 0 Å². The summed E-state index contributed by atoms with van der Waals surface area (Å²) in [5.41, 5.74) is 2.58. The molecule has 2 heteroatoms. The van der Waals surface area contributed by atoms with Crippen molar-refractivity contribution in [2.24, 2.45) is 5.92 Å². The van der Waals surface area contributed by atoms with E-state index in [0.29, 0.717) is 11.8 Å². The summed E-state index contributed by atoms with van der Waals surface area (Å²) in [5, 5.41) is 0. The van der Waals surface area contributed by atoms with Gasteiger partial charge in [0.05, 0.1) is 7.11 Å². The van der Waals surface area contributed by atoms with E-state index in [2.05, 4.69) is 42.5 Å². The molecule has 0 radical (unpaired) electrons. The third-order valence-electron chi connectivity index (χ3n) is 4.96. The highest BCUT2D eigenvalue weighted by Gasteiger charge is 2.43. The molecule has 108 valence electrons. The third-order valence-corrected chi connectivity index (χ3v) is 4.96. The Morgan fingerprint density at radius 1 is 1.00 bits per heavy atom. The lowest BCUT2D eigenvalue weighted by Gasteiger charge is -2.37. The fourth-order valence-corrected chi connectivity index (χ4v) is 4.06. The predicted molar refractivity (Wildman–Crippen MR) is 82.9 cm³/mol. The minimum absolute atomic E-state index is 0.179. The van der Waals surface area contributed by atoms with Crippen molar-refractivity contribution in [3.63, 3.8) is 0 Å². The Kier molecular flexibility index (Phi) is 3.10. The van der Waals surface area contributed by atoms with E-state index in [1.165, 1.54) is 30.4 Å². The summed E-state index contributed by atoms with van der Waals surface area (Å²) in [6, 6.07) is 16.8. The molecule has 0 amide bonds. The van der Waals surface area contributed by atoms with E-state index in [1.54, 1.807) is 7.11 Å². The van der Waals surface area contributed by atoms with Crippen LogP contribution in [-0.2, 0) is 0 Å². The van der Waals surface area contributed by atoms with E-state index >= 15 is 0 Å². The molecule has 1 heterocycles. The maximum atomic E-state index is 6.39. The standard InChI is InChI=1S/C19H20O2/c1-20-16-11-6-12-17-18(16)14-9-5-10-15(14)19(21-17)13-7-3-2-4-8-13/h2-4,6-8,11-12,14-15,19H,5,9-10H2,1H3/t14-,15-,19-/m0/s1. The van der Waals surface area contributed by atoms with Crippen LogP contribution in [0.1, 0.15) is 42.4 Å². The first-order chi connectivity index (χ1) is 10.4. The Balaban J connectivity index is 1.81. The Labute approximate surface area is 125 Å². The molecule has 2 aromatic rings. The first-order valence-electron chi connectivity index (χ1n) is 7.77. The van der Waals surface area contributed by atoms with Gasteiger partial charge in [0, 0.05) is 11.5 Å². The van der Waals surface area contributed by atoms with Crippen LogP contribution in [0.2, 0.25) is 0 Å². The summed E-state index contributed by atoms with van der Waals surface area (Å²) in [7, 11) is 1.75. The normalized spacial score (nSPS) is 26.6. The maximum absolute atomic E-state index is 6.39. The molecule has 21 heavy (non-hydrogen) atoms. The van der Waals surface area contributed by atoms with E-state index in [9.17, 15) is 0 Å². The van der Waals surface area contributed by atoms with Crippen LogP contribution >= 0.6 is 0 Å². The van der Waals surface area contributed by atoms with Crippen LogP contribution in [-0.4, -0.2) is 7.11 Å². The number of hydrogen-bond acceptors (Lipinski definition) is 2. The first-order valence-corrected chi connectivity index (χ1v) is 7.77. The molecular formula is C19H20O2. The van der Waals surface area contributed by atoms with Crippen molar-refractivity contribution in [2.75, 3.05) is 7.11 Å². The van der Waals surface area contributed by atoms with E-state index in [0.717, 1.165) is 11.5 Å². The summed E-state index contributed by atoms with van der Waals surface area (Å²) in [5.74, 6) is 3.12. The lowest BCUT2D eigenvalue weighted by Crippen LogP contribution is -2.27. The minimum atomic E-state index is 0.179. The van der Waals surface area contributed by atoms with Gasteiger partial charge in [-0.25, -0.2) is 0 Å². The fourth-order valence-electron chi connectivity index (χ4n) is 4.06. The molecule has 0 spiro atoms. The molecule has 1 aliphatic carbocycles. The van der Waals surface area contributed by atoms with Gasteiger partial charge in [0.1, 0.15) is 17.6 Å². The predicted octanol–water partition coefficient (Wildman–Crippen LogP) is 4.71. The van der Waals surface area contributed by atoms with Crippen molar-refractivity contribution in [3.8, 4) is 11.5 Å². The second-order valence-electron chi connectivity index (χ2n) is 6.02. The topological polar surface area (TPSA) is 18.5 Å². The van der Waals surface area contributed by atoms with Crippen LogP contribution in [0.25, 0.3) is 0 Å². The Morgan fingerprint density at radius 3 is 2.67 bits per heavy atom. The van der Waals surface area contributed by atoms with Gasteiger partial charge in [0.25, 0.3) is 0 Å². The zero-order valence-corrected chi connectivity index (χ0v) is 12.3. The second-order valence-corrected chi connectivity index (χ2v) is 6.02. The molecule has 4 rings (SSSR count). The van der Waals surface area contributed by atoms with Crippen molar-refractivity contribution in [2.45, 2.75) is 31.3 Å². The van der Waals surface area contributed by atoms with Crippen molar-refractivity contribution in [1.29, 1.82) is 0 Å². The van der Waals surface area contributed by atoms with Crippen molar-refractivity contribution < 1.29 is 9.47 Å². The zero-order chi connectivity index (χ0) is 14.2. The van der Waals surface area contributed by atoms with Crippen LogP contribution in [0.3, 0.4) is 0 Å². The molecule has 1 aliphatic heterocycles. The zero-order valence-electron chi connectivity index (χ0n) is 12.3.